The molecule has 0 amide bonds. The molecular formula is C12H14BrFN2O4S. The van der Waals surface area contributed by atoms with Crippen molar-refractivity contribution in [2.75, 3.05) is 11.3 Å². The maximum atomic E-state index is 13.6. The number of halogens is 2. The van der Waals surface area contributed by atoms with Gasteiger partial charge in [0.15, 0.2) is 0 Å². The van der Waals surface area contributed by atoms with E-state index in [1.54, 1.807) is 0 Å². The summed E-state index contributed by atoms with van der Waals surface area (Å²) in [6.07, 6.45) is 1.47. The maximum absolute atomic E-state index is 13.6. The SMILES string of the molecule is O=C(O)C1CCCCN1S(=O)(=O)Nc1cc(Br)ccc1F. The van der Waals surface area contributed by atoms with Gasteiger partial charge in [0.2, 0.25) is 0 Å². The van der Waals surface area contributed by atoms with Crippen LogP contribution in [0.1, 0.15) is 19.3 Å². The number of nitrogens with zero attached hydrogens (tertiary/aromatic N) is 1. The van der Waals surface area contributed by atoms with E-state index in [0.29, 0.717) is 17.3 Å². The van der Waals surface area contributed by atoms with Gasteiger partial charge >= 0.3 is 16.2 Å². The van der Waals surface area contributed by atoms with E-state index in [4.69, 9.17) is 5.11 Å². The molecule has 1 aliphatic rings. The summed E-state index contributed by atoms with van der Waals surface area (Å²) >= 11 is 3.13. The Morgan fingerprint density at radius 3 is 2.81 bits per heavy atom. The Labute approximate surface area is 130 Å². The molecule has 0 saturated carbocycles. The monoisotopic (exact) mass is 380 g/mol. The van der Waals surface area contributed by atoms with Gasteiger partial charge in [0.1, 0.15) is 11.9 Å². The van der Waals surface area contributed by atoms with E-state index >= 15 is 0 Å². The molecular weight excluding hydrogens is 367 g/mol. The molecule has 1 aromatic carbocycles. The summed E-state index contributed by atoms with van der Waals surface area (Å²) in [5.41, 5.74) is -0.223. The van der Waals surface area contributed by atoms with Gasteiger partial charge in [0.05, 0.1) is 5.69 Å². The topological polar surface area (TPSA) is 86.7 Å². The van der Waals surface area contributed by atoms with E-state index in [-0.39, 0.29) is 18.7 Å². The summed E-state index contributed by atoms with van der Waals surface area (Å²) in [5, 5.41) is 9.12. The number of aliphatic carboxylic acids is 1. The summed E-state index contributed by atoms with van der Waals surface area (Å²) in [4.78, 5) is 11.2. The lowest BCUT2D eigenvalue weighted by Gasteiger charge is -2.31. The first kappa shape index (κ1) is 16.2. The Kier molecular flexibility index (Phi) is 4.84. The Bertz CT molecular complexity index is 653. The number of hydrogen-bond donors (Lipinski definition) is 2. The third-order valence-corrected chi connectivity index (χ3v) is 5.24. The lowest BCUT2D eigenvalue weighted by Crippen LogP contribution is -2.50. The van der Waals surface area contributed by atoms with Crippen LogP contribution in [0.2, 0.25) is 0 Å². The Balaban J connectivity index is 2.28. The second-order valence-electron chi connectivity index (χ2n) is 4.69. The van der Waals surface area contributed by atoms with Crippen molar-refractivity contribution < 1.29 is 22.7 Å². The number of carbonyl (C=O) groups is 1. The number of anilines is 1. The van der Waals surface area contributed by atoms with Crippen molar-refractivity contribution in [2.24, 2.45) is 0 Å². The average Bonchev–Trinajstić information content (AvgIpc) is 2.42. The summed E-state index contributed by atoms with van der Waals surface area (Å²) < 4.78 is 41.7. The van der Waals surface area contributed by atoms with E-state index in [1.165, 1.54) is 12.1 Å². The lowest BCUT2D eigenvalue weighted by molar-refractivity contribution is -0.142. The smallest absolute Gasteiger partial charge is 0.322 e. The summed E-state index contributed by atoms with van der Waals surface area (Å²) in [5.74, 6) is -1.93. The number of hydrogen-bond acceptors (Lipinski definition) is 3. The molecule has 2 rings (SSSR count). The zero-order valence-corrected chi connectivity index (χ0v) is 13.3. The zero-order valence-electron chi connectivity index (χ0n) is 10.9. The maximum Gasteiger partial charge on any atom is 0.322 e. The highest BCUT2D eigenvalue weighted by molar-refractivity contribution is 9.10. The largest absolute Gasteiger partial charge is 0.480 e. The molecule has 0 radical (unpaired) electrons. The van der Waals surface area contributed by atoms with E-state index in [9.17, 15) is 17.6 Å². The number of carboxylic acids is 1. The summed E-state index contributed by atoms with van der Waals surface area (Å²) in [7, 11) is -4.13. The minimum Gasteiger partial charge on any atom is -0.480 e. The van der Waals surface area contributed by atoms with Crippen LogP contribution in [-0.2, 0) is 15.0 Å². The van der Waals surface area contributed by atoms with E-state index in [1.807, 2.05) is 0 Å². The van der Waals surface area contributed by atoms with Crippen LogP contribution < -0.4 is 4.72 Å². The third kappa shape index (κ3) is 3.72. The van der Waals surface area contributed by atoms with Gasteiger partial charge in [-0.05, 0) is 37.5 Å². The molecule has 1 aromatic rings. The first-order chi connectivity index (χ1) is 9.81. The third-order valence-electron chi connectivity index (χ3n) is 3.21. The molecule has 6 nitrogen and oxygen atoms in total. The second-order valence-corrected chi connectivity index (χ2v) is 7.23. The number of nitrogens with one attached hydrogen (secondary N) is 1. The molecule has 1 fully saturated rings. The predicted octanol–water partition coefficient (Wildman–Crippen LogP) is 2.18. The molecule has 1 atom stereocenters. The fraction of sp³-hybridized carbons (Fsp3) is 0.417. The number of rotatable bonds is 4. The van der Waals surface area contributed by atoms with Crippen molar-refractivity contribution >= 4 is 37.8 Å². The van der Waals surface area contributed by atoms with Crippen LogP contribution in [-0.4, -0.2) is 36.4 Å². The van der Waals surface area contributed by atoms with Crippen LogP contribution in [0.25, 0.3) is 0 Å². The van der Waals surface area contributed by atoms with Crippen LogP contribution in [0.3, 0.4) is 0 Å². The first-order valence-electron chi connectivity index (χ1n) is 6.29. The molecule has 116 valence electrons. The van der Waals surface area contributed by atoms with Gasteiger partial charge in [-0.1, -0.05) is 15.9 Å². The van der Waals surface area contributed by atoms with Gasteiger partial charge in [-0.25, -0.2) is 4.39 Å². The molecule has 1 unspecified atom stereocenters. The highest BCUT2D eigenvalue weighted by Gasteiger charge is 2.37. The van der Waals surface area contributed by atoms with Crippen molar-refractivity contribution in [1.82, 2.24) is 4.31 Å². The number of carboxylic acid groups (broad SMARTS) is 1. The van der Waals surface area contributed by atoms with Crippen LogP contribution in [0.5, 0.6) is 0 Å². The average molecular weight is 381 g/mol. The standard InChI is InChI=1S/C12H14BrFN2O4S/c13-8-4-5-9(14)10(7-8)15-21(19,20)16-6-2-1-3-11(16)12(17)18/h4-5,7,11,15H,1-3,6H2,(H,17,18). The second kappa shape index (κ2) is 6.29. The van der Waals surface area contributed by atoms with Gasteiger partial charge < -0.3 is 5.11 Å². The van der Waals surface area contributed by atoms with Crippen LogP contribution in [0, 0.1) is 5.82 Å². The number of benzene rings is 1. The van der Waals surface area contributed by atoms with Gasteiger partial charge in [0.25, 0.3) is 0 Å². The lowest BCUT2D eigenvalue weighted by atomic mass is 10.1. The van der Waals surface area contributed by atoms with Crippen molar-refractivity contribution in [3.63, 3.8) is 0 Å². The molecule has 21 heavy (non-hydrogen) atoms. The van der Waals surface area contributed by atoms with Gasteiger partial charge in [0, 0.05) is 11.0 Å². The fourth-order valence-electron chi connectivity index (χ4n) is 2.21. The quantitative estimate of drug-likeness (QED) is 0.837. The van der Waals surface area contributed by atoms with Crippen molar-refractivity contribution in [3.8, 4) is 0 Å². The molecule has 0 bridgehead atoms. The van der Waals surface area contributed by atoms with E-state index in [0.717, 1.165) is 10.4 Å². The molecule has 2 N–H and O–H groups in total. The fourth-order valence-corrected chi connectivity index (χ4v) is 4.03. The molecule has 0 aliphatic carbocycles. The molecule has 0 spiro atoms. The van der Waals surface area contributed by atoms with Crippen LogP contribution in [0.4, 0.5) is 10.1 Å². The van der Waals surface area contributed by atoms with Crippen LogP contribution in [0.15, 0.2) is 22.7 Å². The van der Waals surface area contributed by atoms with Crippen molar-refractivity contribution in [2.45, 2.75) is 25.3 Å². The Morgan fingerprint density at radius 2 is 2.14 bits per heavy atom. The summed E-state index contributed by atoms with van der Waals surface area (Å²) in [6.45, 7) is 0.0991. The van der Waals surface area contributed by atoms with Crippen molar-refractivity contribution in [3.05, 3.63) is 28.5 Å². The van der Waals surface area contributed by atoms with Gasteiger partial charge in [-0.2, -0.15) is 12.7 Å². The highest BCUT2D eigenvalue weighted by Crippen LogP contribution is 2.25. The van der Waals surface area contributed by atoms with Crippen molar-refractivity contribution in [1.29, 1.82) is 0 Å². The summed E-state index contributed by atoms with van der Waals surface area (Å²) in [6, 6.07) is 2.72. The number of piperidine rings is 1. The highest BCUT2D eigenvalue weighted by atomic mass is 79.9. The predicted molar refractivity (Wildman–Crippen MR) is 78.6 cm³/mol. The molecule has 1 heterocycles. The molecule has 0 aromatic heterocycles. The van der Waals surface area contributed by atoms with E-state index < -0.39 is 28.0 Å². The molecule has 9 heteroatoms. The first-order valence-corrected chi connectivity index (χ1v) is 8.52. The zero-order chi connectivity index (χ0) is 15.6. The Hall–Kier alpha value is -1.19. The minimum atomic E-state index is -4.13. The van der Waals surface area contributed by atoms with Gasteiger partial charge in [-0.15, -0.1) is 0 Å². The van der Waals surface area contributed by atoms with E-state index in [2.05, 4.69) is 20.7 Å². The molecule has 1 saturated heterocycles. The molecule has 1 aliphatic heterocycles. The Morgan fingerprint density at radius 1 is 1.43 bits per heavy atom. The van der Waals surface area contributed by atoms with Gasteiger partial charge in [-0.3, -0.25) is 9.52 Å². The minimum absolute atomic E-state index is 0.0991. The normalized spacial score (nSPS) is 20.2. The van der Waals surface area contributed by atoms with Crippen LogP contribution >= 0.6 is 15.9 Å².